The van der Waals surface area contributed by atoms with Crippen LogP contribution >= 0.6 is 11.6 Å². The van der Waals surface area contributed by atoms with Gasteiger partial charge >= 0.3 is 0 Å². The van der Waals surface area contributed by atoms with Gasteiger partial charge in [-0.3, -0.25) is 4.40 Å². The van der Waals surface area contributed by atoms with E-state index in [1.807, 2.05) is 28.7 Å². The molecule has 22 heavy (non-hydrogen) atoms. The van der Waals surface area contributed by atoms with Crippen LogP contribution in [0.5, 0.6) is 0 Å². The summed E-state index contributed by atoms with van der Waals surface area (Å²) in [6.45, 7) is 0. The molecule has 0 aliphatic heterocycles. The summed E-state index contributed by atoms with van der Waals surface area (Å²) in [5.41, 5.74) is 3.05. The van der Waals surface area contributed by atoms with E-state index in [1.165, 1.54) is 0 Å². The van der Waals surface area contributed by atoms with Crippen LogP contribution in [-0.4, -0.2) is 24.5 Å². The van der Waals surface area contributed by atoms with Gasteiger partial charge in [-0.1, -0.05) is 28.9 Å². The molecule has 0 atom stereocenters. The van der Waals surface area contributed by atoms with Gasteiger partial charge < -0.3 is 4.52 Å². The topological polar surface area (TPSA) is 69.1 Å². The molecule has 1 saturated carbocycles. The highest BCUT2D eigenvalue weighted by atomic mass is 35.5. The van der Waals surface area contributed by atoms with Gasteiger partial charge in [-0.15, -0.1) is 0 Å². The first kappa shape index (κ1) is 12.1. The number of para-hydroxylation sites is 2. The monoisotopic (exact) mass is 311 g/mol. The normalized spacial score (nSPS) is 15.0. The number of benzene rings is 1. The Morgan fingerprint density at radius 3 is 2.91 bits per heavy atom. The van der Waals surface area contributed by atoms with Crippen LogP contribution in [0.2, 0.25) is 5.15 Å². The van der Waals surface area contributed by atoms with Crippen LogP contribution in [0, 0.1) is 0 Å². The summed E-state index contributed by atoms with van der Waals surface area (Å²) in [4.78, 5) is 13.3. The third-order valence-electron chi connectivity index (χ3n) is 3.90. The maximum absolute atomic E-state index is 6.36. The molecule has 0 radical (unpaired) electrons. The van der Waals surface area contributed by atoms with E-state index in [4.69, 9.17) is 16.1 Å². The van der Waals surface area contributed by atoms with Crippen molar-refractivity contribution in [1.29, 1.82) is 0 Å². The van der Waals surface area contributed by atoms with E-state index in [9.17, 15) is 0 Å². The van der Waals surface area contributed by atoms with Crippen LogP contribution in [0.4, 0.5) is 0 Å². The Balaban J connectivity index is 1.78. The lowest BCUT2D eigenvalue weighted by Gasteiger charge is -2.03. The highest BCUT2D eigenvalue weighted by molar-refractivity contribution is 6.33. The van der Waals surface area contributed by atoms with Gasteiger partial charge in [-0.2, -0.15) is 4.98 Å². The molecule has 0 spiro atoms. The summed E-state index contributed by atoms with van der Waals surface area (Å²) in [7, 11) is 0. The molecule has 5 rings (SSSR count). The molecule has 0 saturated heterocycles. The minimum absolute atomic E-state index is 0.379. The Morgan fingerprint density at radius 1 is 1.18 bits per heavy atom. The summed E-state index contributed by atoms with van der Waals surface area (Å²) in [5.74, 6) is 1.55. The smallest absolute Gasteiger partial charge is 0.230 e. The van der Waals surface area contributed by atoms with Crippen LogP contribution < -0.4 is 0 Å². The average Bonchev–Trinajstić information content (AvgIpc) is 3.10. The largest absolute Gasteiger partial charge is 0.339 e. The second kappa shape index (κ2) is 4.27. The van der Waals surface area contributed by atoms with Crippen molar-refractivity contribution in [3.63, 3.8) is 0 Å². The predicted molar refractivity (Wildman–Crippen MR) is 80.8 cm³/mol. The molecule has 1 aromatic carbocycles. The van der Waals surface area contributed by atoms with Gasteiger partial charge in [0.15, 0.2) is 5.15 Å². The molecule has 3 aromatic heterocycles. The molecule has 4 aromatic rings. The zero-order valence-electron chi connectivity index (χ0n) is 11.4. The molecule has 0 bridgehead atoms. The van der Waals surface area contributed by atoms with Gasteiger partial charge in [-0.25, -0.2) is 9.97 Å². The van der Waals surface area contributed by atoms with Crippen molar-refractivity contribution in [3.8, 4) is 11.5 Å². The fourth-order valence-electron chi connectivity index (χ4n) is 2.64. The Labute approximate surface area is 129 Å². The van der Waals surface area contributed by atoms with Crippen LogP contribution in [0.1, 0.15) is 24.7 Å². The van der Waals surface area contributed by atoms with Crippen molar-refractivity contribution >= 4 is 28.2 Å². The lowest BCUT2D eigenvalue weighted by Crippen LogP contribution is -1.92. The van der Waals surface area contributed by atoms with E-state index in [-0.39, 0.29) is 0 Å². The van der Waals surface area contributed by atoms with Crippen LogP contribution in [0.25, 0.3) is 28.1 Å². The standard InChI is InChI=1S/C15H10ClN5O/c16-13-12-11(14-19-15(22-20-14)8-5-6-8)17-7-21(12)10-4-2-1-3-9(10)18-13/h1-4,7-8H,5-6H2. The summed E-state index contributed by atoms with van der Waals surface area (Å²) in [6, 6.07) is 7.77. The average molecular weight is 312 g/mol. The quantitative estimate of drug-likeness (QED) is 0.567. The molecule has 0 unspecified atom stereocenters. The van der Waals surface area contributed by atoms with Crippen LogP contribution in [0.15, 0.2) is 35.1 Å². The van der Waals surface area contributed by atoms with Gasteiger partial charge in [0.1, 0.15) is 17.5 Å². The van der Waals surface area contributed by atoms with E-state index in [0.29, 0.717) is 34.0 Å². The molecular weight excluding hydrogens is 302 g/mol. The van der Waals surface area contributed by atoms with Crippen molar-refractivity contribution in [1.82, 2.24) is 24.5 Å². The summed E-state index contributed by atoms with van der Waals surface area (Å²) < 4.78 is 7.22. The van der Waals surface area contributed by atoms with Crippen molar-refractivity contribution in [2.45, 2.75) is 18.8 Å². The van der Waals surface area contributed by atoms with Gasteiger partial charge in [0.2, 0.25) is 11.7 Å². The fraction of sp³-hybridized carbons (Fsp3) is 0.200. The lowest BCUT2D eigenvalue weighted by atomic mass is 10.3. The summed E-state index contributed by atoms with van der Waals surface area (Å²) >= 11 is 6.36. The number of hydrogen-bond donors (Lipinski definition) is 0. The molecule has 1 aliphatic rings. The Bertz CT molecular complexity index is 1020. The number of rotatable bonds is 2. The van der Waals surface area contributed by atoms with E-state index < -0.39 is 0 Å². The van der Waals surface area contributed by atoms with Crippen molar-refractivity contribution < 1.29 is 4.52 Å². The molecule has 0 amide bonds. The van der Waals surface area contributed by atoms with Crippen molar-refractivity contribution in [2.75, 3.05) is 0 Å². The minimum Gasteiger partial charge on any atom is -0.339 e. The first-order valence-corrected chi connectivity index (χ1v) is 7.44. The highest BCUT2D eigenvalue weighted by Gasteiger charge is 2.30. The number of nitrogens with zero attached hydrogens (tertiary/aromatic N) is 5. The highest BCUT2D eigenvalue weighted by Crippen LogP contribution is 2.40. The van der Waals surface area contributed by atoms with Crippen molar-refractivity contribution in [2.24, 2.45) is 0 Å². The van der Waals surface area contributed by atoms with Crippen molar-refractivity contribution in [3.05, 3.63) is 41.6 Å². The molecule has 6 nitrogen and oxygen atoms in total. The molecule has 1 fully saturated rings. The second-order valence-electron chi connectivity index (χ2n) is 5.43. The Morgan fingerprint density at radius 2 is 2.05 bits per heavy atom. The second-order valence-corrected chi connectivity index (χ2v) is 5.79. The summed E-state index contributed by atoms with van der Waals surface area (Å²) in [6.07, 6.45) is 3.94. The number of fused-ring (bicyclic) bond motifs is 3. The van der Waals surface area contributed by atoms with E-state index in [1.54, 1.807) is 6.33 Å². The van der Waals surface area contributed by atoms with Gasteiger partial charge in [0.25, 0.3) is 0 Å². The molecule has 1 aliphatic carbocycles. The number of hydrogen-bond acceptors (Lipinski definition) is 5. The zero-order chi connectivity index (χ0) is 14.7. The SMILES string of the molecule is Clc1nc2ccccc2n2cnc(-c3noc(C4CC4)n3)c12. The maximum Gasteiger partial charge on any atom is 0.230 e. The Hall–Kier alpha value is -2.47. The van der Waals surface area contributed by atoms with E-state index in [0.717, 1.165) is 23.9 Å². The molecule has 3 heterocycles. The number of imidazole rings is 1. The fourth-order valence-corrected chi connectivity index (χ4v) is 2.91. The number of halogens is 1. The zero-order valence-corrected chi connectivity index (χ0v) is 12.2. The third-order valence-corrected chi connectivity index (χ3v) is 4.17. The summed E-state index contributed by atoms with van der Waals surface area (Å²) in [5, 5.41) is 4.42. The molecule has 108 valence electrons. The minimum atomic E-state index is 0.379. The van der Waals surface area contributed by atoms with Crippen LogP contribution in [0.3, 0.4) is 0 Å². The molecule has 7 heteroatoms. The van der Waals surface area contributed by atoms with E-state index >= 15 is 0 Å². The molecular formula is C15H10ClN5O. The van der Waals surface area contributed by atoms with Gasteiger partial charge in [0, 0.05) is 5.92 Å². The van der Waals surface area contributed by atoms with Gasteiger partial charge in [-0.05, 0) is 25.0 Å². The van der Waals surface area contributed by atoms with Crippen LogP contribution in [-0.2, 0) is 0 Å². The van der Waals surface area contributed by atoms with Gasteiger partial charge in [0.05, 0.1) is 11.0 Å². The number of aromatic nitrogens is 5. The maximum atomic E-state index is 6.36. The first-order chi connectivity index (χ1) is 10.8. The lowest BCUT2D eigenvalue weighted by molar-refractivity contribution is 0.380. The predicted octanol–water partition coefficient (Wildman–Crippen LogP) is 3.46. The third kappa shape index (κ3) is 1.67. The first-order valence-electron chi connectivity index (χ1n) is 7.06. The molecule has 0 N–H and O–H groups in total. The Kier molecular flexibility index (Phi) is 2.35. The van der Waals surface area contributed by atoms with E-state index in [2.05, 4.69) is 20.1 Å².